The van der Waals surface area contributed by atoms with Crippen LogP contribution in [0.2, 0.25) is 0 Å². The van der Waals surface area contributed by atoms with Gasteiger partial charge in [0, 0.05) is 6.08 Å². The summed E-state index contributed by atoms with van der Waals surface area (Å²) < 4.78 is 4.99. The molecule has 0 atom stereocenters. The van der Waals surface area contributed by atoms with E-state index in [0.717, 1.165) is 27.8 Å². The van der Waals surface area contributed by atoms with E-state index in [1.54, 1.807) is 0 Å². The van der Waals surface area contributed by atoms with Crippen molar-refractivity contribution in [2.75, 3.05) is 0 Å². The zero-order chi connectivity index (χ0) is 17.3. The smallest absolute Gasteiger partial charge is 0.401 e. The Kier molecular flexibility index (Phi) is 4.22. The fourth-order valence-corrected chi connectivity index (χ4v) is 2.98. The van der Waals surface area contributed by atoms with Gasteiger partial charge in [0.1, 0.15) is 10.7 Å². The first-order valence-corrected chi connectivity index (χ1v) is 7.81. The molecule has 0 unspecified atom stereocenters. The van der Waals surface area contributed by atoms with Crippen LogP contribution in [0.5, 0.6) is 0 Å². The van der Waals surface area contributed by atoms with Crippen LogP contribution in [0.3, 0.4) is 0 Å². The third kappa shape index (κ3) is 3.23. The van der Waals surface area contributed by atoms with Gasteiger partial charge in [-0.2, -0.15) is 0 Å². The molecule has 3 rings (SSSR count). The lowest BCUT2D eigenvalue weighted by Gasteiger charge is -2.12. The summed E-state index contributed by atoms with van der Waals surface area (Å²) in [7, 11) is 0. The number of carbonyl (C=O) groups is 2. The molecule has 0 radical (unpaired) electrons. The first-order chi connectivity index (χ1) is 11.4. The molecule has 122 valence electrons. The number of hydrogen-bond donors (Lipinski definition) is 0. The van der Waals surface area contributed by atoms with Crippen molar-refractivity contribution in [2.24, 2.45) is 0 Å². The summed E-state index contributed by atoms with van der Waals surface area (Å²) in [6, 6.07) is 10.1. The normalized spacial score (nSPS) is 16.2. The van der Waals surface area contributed by atoms with Gasteiger partial charge >= 0.3 is 5.88 Å². The Hall–Kier alpha value is -2.87. The summed E-state index contributed by atoms with van der Waals surface area (Å²) in [6.07, 6.45) is 1.34. The summed E-state index contributed by atoms with van der Waals surface area (Å²) >= 11 is 0.785. The molecule has 2 heterocycles. The van der Waals surface area contributed by atoms with Gasteiger partial charge in [0.2, 0.25) is 0 Å². The number of aryl methyl sites for hydroxylation is 1. The van der Waals surface area contributed by atoms with Gasteiger partial charge in [0.15, 0.2) is 0 Å². The molecule has 24 heavy (non-hydrogen) atoms. The summed E-state index contributed by atoms with van der Waals surface area (Å²) in [4.78, 5) is 35.7. The average molecular weight is 344 g/mol. The number of amides is 2. The molecule has 0 saturated carbocycles. The minimum absolute atomic E-state index is 0.155. The highest BCUT2D eigenvalue weighted by atomic mass is 32.2. The standard InChI is InChI=1S/C16H12N2O5S/c1-10-2-4-11(5-3-10)9-17-15(19)13(24-16(17)20)8-12-6-7-14(23-12)18(21)22/h2-8H,9H2,1H3/b13-8-. The number of rotatable bonds is 4. The minimum Gasteiger partial charge on any atom is -0.401 e. The van der Waals surface area contributed by atoms with Crippen molar-refractivity contribution in [1.29, 1.82) is 0 Å². The van der Waals surface area contributed by atoms with Gasteiger partial charge in [-0.3, -0.25) is 24.6 Å². The highest BCUT2D eigenvalue weighted by Crippen LogP contribution is 2.34. The average Bonchev–Trinajstić information content (AvgIpc) is 3.10. The van der Waals surface area contributed by atoms with Crippen LogP contribution in [-0.4, -0.2) is 21.0 Å². The SMILES string of the molecule is Cc1ccc(CN2C(=O)S/C(=C\c3ccc([N+](=O)[O-])o3)C2=O)cc1. The van der Waals surface area contributed by atoms with Crippen molar-refractivity contribution < 1.29 is 18.9 Å². The van der Waals surface area contributed by atoms with E-state index in [1.165, 1.54) is 18.2 Å². The Labute approximate surface area is 141 Å². The largest absolute Gasteiger partial charge is 0.433 e. The lowest BCUT2D eigenvalue weighted by molar-refractivity contribution is -0.402. The van der Waals surface area contributed by atoms with Crippen molar-refractivity contribution in [1.82, 2.24) is 4.90 Å². The van der Waals surface area contributed by atoms with Gasteiger partial charge in [-0.05, 0) is 30.3 Å². The van der Waals surface area contributed by atoms with E-state index in [-0.39, 0.29) is 22.4 Å². The Bertz CT molecular complexity index is 854. The maximum atomic E-state index is 12.4. The molecule has 0 spiro atoms. The summed E-state index contributed by atoms with van der Waals surface area (Å²) in [6.45, 7) is 2.13. The second kappa shape index (κ2) is 6.32. The molecule has 0 N–H and O–H groups in total. The predicted octanol–water partition coefficient (Wildman–Crippen LogP) is 3.73. The van der Waals surface area contributed by atoms with Crippen molar-refractivity contribution in [3.05, 3.63) is 68.3 Å². The topological polar surface area (TPSA) is 93.7 Å². The van der Waals surface area contributed by atoms with Crippen molar-refractivity contribution in [3.63, 3.8) is 0 Å². The molecule has 1 fully saturated rings. The highest BCUT2D eigenvalue weighted by molar-refractivity contribution is 8.18. The first kappa shape index (κ1) is 16.0. The van der Waals surface area contributed by atoms with Crippen LogP contribution in [-0.2, 0) is 11.3 Å². The van der Waals surface area contributed by atoms with Gasteiger partial charge in [-0.25, -0.2) is 0 Å². The van der Waals surface area contributed by atoms with Gasteiger partial charge in [-0.15, -0.1) is 0 Å². The molecule has 0 aliphatic carbocycles. The molecule has 0 bridgehead atoms. The van der Waals surface area contributed by atoms with Crippen molar-refractivity contribution in [3.8, 4) is 0 Å². The number of imide groups is 1. The van der Waals surface area contributed by atoms with Crippen molar-refractivity contribution >= 4 is 34.9 Å². The van der Waals surface area contributed by atoms with Crippen LogP contribution in [0.4, 0.5) is 10.7 Å². The number of thioether (sulfide) groups is 1. The predicted molar refractivity (Wildman–Crippen MR) is 88.1 cm³/mol. The highest BCUT2D eigenvalue weighted by Gasteiger charge is 2.35. The zero-order valence-corrected chi connectivity index (χ0v) is 13.4. The molecule has 2 amide bonds. The molecule has 8 heteroatoms. The summed E-state index contributed by atoms with van der Waals surface area (Å²) in [5.41, 5.74) is 1.94. The van der Waals surface area contributed by atoms with E-state index < -0.39 is 16.7 Å². The Morgan fingerprint density at radius 3 is 2.54 bits per heavy atom. The quantitative estimate of drug-likeness (QED) is 0.476. The van der Waals surface area contributed by atoms with Crippen LogP contribution in [0.15, 0.2) is 45.7 Å². The van der Waals surface area contributed by atoms with Gasteiger partial charge < -0.3 is 4.42 Å². The maximum Gasteiger partial charge on any atom is 0.433 e. The number of hydrogen-bond acceptors (Lipinski definition) is 6. The fraction of sp³-hybridized carbons (Fsp3) is 0.125. The molecular weight excluding hydrogens is 332 g/mol. The van der Waals surface area contributed by atoms with E-state index in [9.17, 15) is 19.7 Å². The van der Waals surface area contributed by atoms with Crippen LogP contribution >= 0.6 is 11.8 Å². The van der Waals surface area contributed by atoms with E-state index in [0.29, 0.717) is 0 Å². The fourth-order valence-electron chi connectivity index (χ4n) is 2.16. The number of nitrogens with zero attached hydrogens (tertiary/aromatic N) is 2. The van der Waals surface area contributed by atoms with E-state index in [4.69, 9.17) is 4.42 Å². The molecule has 1 saturated heterocycles. The second-order valence-corrected chi connectivity index (χ2v) is 6.18. The van der Waals surface area contributed by atoms with E-state index in [2.05, 4.69) is 0 Å². The van der Waals surface area contributed by atoms with E-state index in [1.807, 2.05) is 31.2 Å². The number of nitro groups is 1. The monoisotopic (exact) mass is 344 g/mol. The zero-order valence-electron chi connectivity index (χ0n) is 12.6. The molecule has 7 nitrogen and oxygen atoms in total. The lowest BCUT2D eigenvalue weighted by atomic mass is 10.1. The molecule has 1 aliphatic heterocycles. The number of benzene rings is 1. The summed E-state index contributed by atoms with van der Waals surface area (Å²) in [5.74, 6) is -0.702. The van der Waals surface area contributed by atoms with Gasteiger partial charge in [0.05, 0.1) is 17.5 Å². The van der Waals surface area contributed by atoms with Crippen LogP contribution in [0.1, 0.15) is 16.9 Å². The van der Waals surface area contributed by atoms with Crippen molar-refractivity contribution in [2.45, 2.75) is 13.5 Å². The first-order valence-electron chi connectivity index (χ1n) is 6.99. The molecule has 1 aliphatic rings. The lowest BCUT2D eigenvalue weighted by Crippen LogP contribution is -2.27. The van der Waals surface area contributed by atoms with Gasteiger partial charge in [0.25, 0.3) is 11.1 Å². The van der Waals surface area contributed by atoms with Crippen LogP contribution in [0.25, 0.3) is 6.08 Å². The third-order valence-electron chi connectivity index (χ3n) is 3.40. The van der Waals surface area contributed by atoms with Gasteiger partial charge in [-0.1, -0.05) is 29.8 Å². The minimum atomic E-state index is -0.666. The Balaban J connectivity index is 1.79. The van der Waals surface area contributed by atoms with E-state index >= 15 is 0 Å². The Morgan fingerprint density at radius 1 is 1.21 bits per heavy atom. The number of carbonyl (C=O) groups excluding carboxylic acids is 2. The Morgan fingerprint density at radius 2 is 1.92 bits per heavy atom. The third-order valence-corrected chi connectivity index (χ3v) is 4.31. The summed E-state index contributed by atoms with van der Waals surface area (Å²) in [5, 5.41) is 10.2. The molecule has 1 aromatic carbocycles. The molecular formula is C16H12N2O5S. The van der Waals surface area contributed by atoms with Crippen LogP contribution in [0, 0.1) is 17.0 Å². The second-order valence-electron chi connectivity index (χ2n) is 5.19. The number of furan rings is 1. The van der Waals surface area contributed by atoms with Crippen LogP contribution < -0.4 is 0 Å². The maximum absolute atomic E-state index is 12.4. The molecule has 2 aromatic rings. The molecule has 1 aromatic heterocycles.